The molecule has 0 saturated carbocycles. The maximum absolute atomic E-state index is 11.9. The molecule has 102 valence electrons. The minimum Gasteiger partial charge on any atom is -0.479 e. The van der Waals surface area contributed by atoms with Crippen LogP contribution >= 0.6 is 0 Å². The second kappa shape index (κ2) is 4.68. The number of benzene rings is 1. The van der Waals surface area contributed by atoms with E-state index in [2.05, 4.69) is 6.92 Å². The van der Waals surface area contributed by atoms with Crippen LogP contribution in [0.5, 0.6) is 0 Å². The van der Waals surface area contributed by atoms with Crippen LogP contribution in [0, 0.1) is 0 Å². The van der Waals surface area contributed by atoms with E-state index in [1.807, 2.05) is 24.3 Å². The van der Waals surface area contributed by atoms with Gasteiger partial charge in [-0.05, 0) is 29.9 Å². The fraction of sp³-hybridized carbons (Fsp3) is 0.467. The second-order valence-electron chi connectivity index (χ2n) is 5.27. The summed E-state index contributed by atoms with van der Waals surface area (Å²) >= 11 is 0. The number of carboxylic acids is 1. The zero-order chi connectivity index (χ0) is 14.2. The summed E-state index contributed by atoms with van der Waals surface area (Å²) in [6.45, 7) is 3.50. The van der Waals surface area contributed by atoms with Crippen LogP contribution in [0.4, 0.5) is 0 Å². The van der Waals surface area contributed by atoms with Crippen molar-refractivity contribution in [3.63, 3.8) is 0 Å². The van der Waals surface area contributed by atoms with Gasteiger partial charge in [0.15, 0.2) is 5.54 Å². The molecule has 1 aliphatic carbocycles. The highest BCUT2D eigenvalue weighted by molar-refractivity contribution is 5.88. The number of carbonyl (C=O) groups excluding carboxylic acids is 1. The number of amides is 1. The van der Waals surface area contributed by atoms with Crippen LogP contribution in [0.1, 0.15) is 43.7 Å². The van der Waals surface area contributed by atoms with Gasteiger partial charge < -0.3 is 10.0 Å². The molecule has 0 saturated heterocycles. The number of hydrogen-bond donors (Lipinski definition) is 1. The molecule has 2 unspecified atom stereocenters. The molecule has 0 aromatic heterocycles. The number of rotatable bonds is 2. The molecule has 1 aromatic carbocycles. The van der Waals surface area contributed by atoms with Crippen LogP contribution in [-0.4, -0.2) is 28.9 Å². The van der Waals surface area contributed by atoms with Crippen molar-refractivity contribution in [2.45, 2.75) is 38.1 Å². The standard InChI is InChI=1S/C15H19NO3/c1-10-8-9-15(14(18)19,16(3)11(2)17)13-7-5-4-6-12(10)13/h4-7,10H,8-9H2,1-3H3,(H,18,19). The van der Waals surface area contributed by atoms with Crippen molar-refractivity contribution in [2.24, 2.45) is 0 Å². The Hall–Kier alpha value is -1.84. The predicted octanol–water partition coefficient (Wildman–Crippen LogP) is 2.34. The quantitative estimate of drug-likeness (QED) is 0.889. The van der Waals surface area contributed by atoms with Crippen molar-refractivity contribution in [3.05, 3.63) is 35.4 Å². The smallest absolute Gasteiger partial charge is 0.334 e. The summed E-state index contributed by atoms with van der Waals surface area (Å²) in [6.07, 6.45) is 1.22. The lowest BCUT2D eigenvalue weighted by Crippen LogP contribution is -2.54. The molecule has 0 fully saturated rings. The van der Waals surface area contributed by atoms with Gasteiger partial charge in [0.1, 0.15) is 0 Å². The Morgan fingerprint density at radius 3 is 2.58 bits per heavy atom. The summed E-state index contributed by atoms with van der Waals surface area (Å²) in [4.78, 5) is 25.0. The molecule has 4 nitrogen and oxygen atoms in total. The van der Waals surface area contributed by atoms with E-state index < -0.39 is 11.5 Å². The summed E-state index contributed by atoms with van der Waals surface area (Å²) in [5.41, 5.74) is 0.553. The number of aliphatic carboxylic acids is 1. The topological polar surface area (TPSA) is 57.6 Å². The van der Waals surface area contributed by atoms with Crippen molar-refractivity contribution in [1.29, 1.82) is 0 Å². The van der Waals surface area contributed by atoms with Crippen LogP contribution < -0.4 is 0 Å². The Labute approximate surface area is 113 Å². The number of carboxylic acid groups (broad SMARTS) is 1. The van der Waals surface area contributed by atoms with Crippen molar-refractivity contribution in [2.75, 3.05) is 7.05 Å². The van der Waals surface area contributed by atoms with Gasteiger partial charge in [0.25, 0.3) is 0 Å². The predicted molar refractivity (Wildman–Crippen MR) is 71.8 cm³/mol. The Morgan fingerprint density at radius 2 is 2.00 bits per heavy atom. The van der Waals surface area contributed by atoms with Gasteiger partial charge in [0.05, 0.1) is 0 Å². The molecular formula is C15H19NO3. The largest absolute Gasteiger partial charge is 0.479 e. The number of likely N-dealkylation sites (N-methyl/N-ethyl adjacent to an activating group) is 1. The average Bonchev–Trinajstić information content (AvgIpc) is 2.38. The molecule has 0 bridgehead atoms. The zero-order valence-corrected chi connectivity index (χ0v) is 11.5. The second-order valence-corrected chi connectivity index (χ2v) is 5.27. The van der Waals surface area contributed by atoms with Crippen molar-refractivity contribution in [3.8, 4) is 0 Å². The fourth-order valence-electron chi connectivity index (χ4n) is 3.00. The Morgan fingerprint density at radius 1 is 1.37 bits per heavy atom. The molecule has 0 aliphatic heterocycles. The van der Waals surface area contributed by atoms with Crippen LogP contribution in [0.3, 0.4) is 0 Å². The van der Waals surface area contributed by atoms with E-state index in [4.69, 9.17) is 0 Å². The third-order valence-electron chi connectivity index (χ3n) is 4.28. The van der Waals surface area contributed by atoms with E-state index in [-0.39, 0.29) is 5.91 Å². The number of carbonyl (C=O) groups is 2. The molecule has 2 atom stereocenters. The van der Waals surface area contributed by atoms with E-state index >= 15 is 0 Å². The Bertz CT molecular complexity index is 526. The first kappa shape index (κ1) is 13.6. The highest BCUT2D eigenvalue weighted by atomic mass is 16.4. The molecule has 0 radical (unpaired) electrons. The maximum atomic E-state index is 11.9. The molecule has 1 amide bonds. The SMILES string of the molecule is CC(=O)N(C)C1(C(=O)O)CCC(C)c2ccccc21. The van der Waals surface area contributed by atoms with Crippen molar-refractivity contribution in [1.82, 2.24) is 4.90 Å². The summed E-state index contributed by atoms with van der Waals surface area (Å²) in [5.74, 6) is -0.861. The number of hydrogen-bond acceptors (Lipinski definition) is 2. The van der Waals surface area contributed by atoms with Gasteiger partial charge in [0.2, 0.25) is 5.91 Å². The highest BCUT2D eigenvalue weighted by Crippen LogP contribution is 2.44. The minimum atomic E-state index is -1.23. The van der Waals surface area contributed by atoms with E-state index in [0.29, 0.717) is 12.3 Å². The monoisotopic (exact) mass is 261 g/mol. The summed E-state index contributed by atoms with van der Waals surface area (Å²) in [7, 11) is 1.57. The van der Waals surface area contributed by atoms with E-state index in [9.17, 15) is 14.7 Å². The van der Waals surface area contributed by atoms with Crippen molar-refractivity contribution >= 4 is 11.9 Å². The molecule has 1 aliphatic rings. The van der Waals surface area contributed by atoms with E-state index in [1.165, 1.54) is 11.8 Å². The Kier molecular flexibility index (Phi) is 3.35. The van der Waals surface area contributed by atoms with Gasteiger partial charge in [-0.2, -0.15) is 0 Å². The van der Waals surface area contributed by atoms with Crippen LogP contribution in [0.2, 0.25) is 0 Å². The van der Waals surface area contributed by atoms with Crippen LogP contribution in [0.25, 0.3) is 0 Å². The van der Waals surface area contributed by atoms with Gasteiger partial charge in [0, 0.05) is 14.0 Å². The molecule has 2 rings (SSSR count). The van der Waals surface area contributed by atoms with E-state index in [0.717, 1.165) is 17.5 Å². The van der Waals surface area contributed by atoms with Crippen LogP contribution in [0.15, 0.2) is 24.3 Å². The van der Waals surface area contributed by atoms with Gasteiger partial charge in [-0.3, -0.25) is 4.79 Å². The number of nitrogens with zero attached hydrogens (tertiary/aromatic N) is 1. The summed E-state index contributed by atoms with van der Waals surface area (Å²) < 4.78 is 0. The van der Waals surface area contributed by atoms with Gasteiger partial charge in [-0.25, -0.2) is 4.79 Å². The maximum Gasteiger partial charge on any atom is 0.334 e. The first-order valence-corrected chi connectivity index (χ1v) is 6.48. The van der Waals surface area contributed by atoms with Crippen LogP contribution in [-0.2, 0) is 15.1 Å². The minimum absolute atomic E-state index is 0.230. The lowest BCUT2D eigenvalue weighted by molar-refractivity contribution is -0.159. The third-order valence-corrected chi connectivity index (χ3v) is 4.28. The Balaban J connectivity index is 2.67. The summed E-state index contributed by atoms with van der Waals surface area (Å²) in [5, 5.41) is 9.75. The normalized spacial score (nSPS) is 25.5. The molecular weight excluding hydrogens is 242 g/mol. The molecule has 4 heteroatoms. The molecule has 19 heavy (non-hydrogen) atoms. The molecule has 1 aromatic rings. The molecule has 1 N–H and O–H groups in total. The molecule has 0 spiro atoms. The number of fused-ring (bicyclic) bond motifs is 1. The van der Waals surface area contributed by atoms with E-state index in [1.54, 1.807) is 7.05 Å². The zero-order valence-electron chi connectivity index (χ0n) is 11.5. The highest BCUT2D eigenvalue weighted by Gasteiger charge is 2.49. The lowest BCUT2D eigenvalue weighted by Gasteiger charge is -2.43. The first-order valence-electron chi connectivity index (χ1n) is 6.48. The molecule has 0 heterocycles. The van der Waals surface area contributed by atoms with Gasteiger partial charge in [-0.15, -0.1) is 0 Å². The average molecular weight is 261 g/mol. The fourth-order valence-corrected chi connectivity index (χ4v) is 3.00. The summed E-state index contributed by atoms with van der Waals surface area (Å²) in [6, 6.07) is 7.55. The van der Waals surface area contributed by atoms with Gasteiger partial charge >= 0.3 is 5.97 Å². The lowest BCUT2D eigenvalue weighted by atomic mass is 9.71. The van der Waals surface area contributed by atoms with Crippen molar-refractivity contribution < 1.29 is 14.7 Å². The third kappa shape index (κ3) is 1.91. The van der Waals surface area contributed by atoms with Gasteiger partial charge in [-0.1, -0.05) is 31.2 Å². The first-order chi connectivity index (χ1) is 8.91.